The molecular weight excluding hydrogens is 338 g/mol. The number of nitrogens with one attached hydrogen (secondary N) is 1. The Morgan fingerprint density at radius 2 is 2.23 bits per heavy atom. The van der Waals surface area contributed by atoms with E-state index >= 15 is 0 Å². The lowest BCUT2D eigenvalue weighted by atomic mass is 10.1. The first kappa shape index (κ1) is 17.2. The van der Waals surface area contributed by atoms with E-state index in [1.807, 2.05) is 23.6 Å². The van der Waals surface area contributed by atoms with Gasteiger partial charge in [-0.25, -0.2) is 4.79 Å². The zero-order valence-corrected chi connectivity index (χ0v) is 14.9. The number of esters is 1. The molecule has 0 atom stereocenters. The Hall–Kier alpha value is -1.17. The van der Waals surface area contributed by atoms with Gasteiger partial charge < -0.3 is 9.46 Å². The second-order valence-corrected chi connectivity index (χ2v) is 6.90. The summed E-state index contributed by atoms with van der Waals surface area (Å²) in [5, 5.41) is 2.57. The summed E-state index contributed by atoms with van der Waals surface area (Å²) in [6, 6.07) is 7.97. The normalized spacial score (nSPS) is 10.5. The van der Waals surface area contributed by atoms with Crippen LogP contribution in [0.4, 0.5) is 5.69 Å². The summed E-state index contributed by atoms with van der Waals surface area (Å²) in [5.41, 5.74) is 2.00. The number of anilines is 1. The van der Waals surface area contributed by atoms with Crippen LogP contribution in [-0.2, 0) is 11.2 Å². The number of aryl methyl sites for hydroxylation is 1. The molecule has 0 saturated heterocycles. The lowest BCUT2D eigenvalue weighted by Crippen LogP contribution is -2.01. The van der Waals surface area contributed by atoms with Crippen molar-refractivity contribution in [3.05, 3.63) is 45.1 Å². The molecule has 0 aliphatic rings. The molecule has 1 aromatic heterocycles. The van der Waals surface area contributed by atoms with Crippen LogP contribution in [0.3, 0.4) is 0 Å². The third-order valence-corrected chi connectivity index (χ3v) is 5.34. The van der Waals surface area contributed by atoms with Crippen molar-refractivity contribution in [1.82, 2.24) is 0 Å². The lowest BCUT2D eigenvalue weighted by molar-refractivity contribution is 0.0607. The molecule has 118 valence electrons. The highest BCUT2D eigenvalue weighted by molar-refractivity contribution is 8.00. The van der Waals surface area contributed by atoms with Crippen molar-refractivity contribution in [2.45, 2.75) is 31.1 Å². The average molecular weight is 356 g/mol. The molecule has 0 aliphatic heterocycles. The van der Waals surface area contributed by atoms with Crippen LogP contribution in [0.25, 0.3) is 0 Å². The highest BCUT2D eigenvalue weighted by atomic mass is 35.5. The van der Waals surface area contributed by atoms with Gasteiger partial charge in [0, 0.05) is 4.90 Å². The number of unbranched alkanes of at least 4 members (excludes halogenated alkanes) is 1. The van der Waals surface area contributed by atoms with E-state index in [1.165, 1.54) is 48.8 Å². The van der Waals surface area contributed by atoms with Gasteiger partial charge in [-0.2, -0.15) is 0 Å². The van der Waals surface area contributed by atoms with E-state index in [4.69, 9.17) is 16.3 Å². The Labute approximate surface area is 144 Å². The molecule has 0 saturated carbocycles. The maximum atomic E-state index is 11.6. The van der Waals surface area contributed by atoms with Crippen LogP contribution in [-0.4, -0.2) is 13.1 Å². The molecule has 1 N–H and O–H groups in total. The molecule has 1 aromatic carbocycles. The lowest BCUT2D eigenvalue weighted by Gasteiger charge is -2.09. The standard InChI is InChI=1S/C16H18ClNO2S2/c1-3-4-5-11-6-7-14(12(17)10-11)22-18-13-8-9-21-15(13)16(19)20-2/h6-10,18H,3-5H2,1-2H3. The molecule has 0 bridgehead atoms. The SMILES string of the molecule is CCCCc1ccc(SNc2ccsc2C(=O)OC)c(Cl)c1. The number of carbonyl (C=O) groups excluding carboxylic acids is 1. The molecule has 0 amide bonds. The number of carbonyl (C=O) groups is 1. The highest BCUT2D eigenvalue weighted by Gasteiger charge is 2.14. The second-order valence-electron chi connectivity index (χ2n) is 4.73. The minimum absolute atomic E-state index is 0.334. The van der Waals surface area contributed by atoms with Crippen molar-refractivity contribution in [3.8, 4) is 0 Å². The molecule has 0 radical (unpaired) electrons. The van der Waals surface area contributed by atoms with Gasteiger partial charge in [-0.3, -0.25) is 0 Å². The second kappa shape index (κ2) is 8.46. The first-order valence-corrected chi connectivity index (χ1v) is 9.10. The van der Waals surface area contributed by atoms with Crippen LogP contribution in [0.2, 0.25) is 5.02 Å². The van der Waals surface area contributed by atoms with Gasteiger partial charge >= 0.3 is 5.97 Å². The van der Waals surface area contributed by atoms with Crippen LogP contribution >= 0.6 is 34.9 Å². The largest absolute Gasteiger partial charge is 0.465 e. The predicted molar refractivity (Wildman–Crippen MR) is 95.2 cm³/mol. The van der Waals surface area contributed by atoms with E-state index < -0.39 is 0 Å². The van der Waals surface area contributed by atoms with Crippen molar-refractivity contribution < 1.29 is 9.53 Å². The quantitative estimate of drug-likeness (QED) is 0.514. The maximum absolute atomic E-state index is 11.6. The van der Waals surface area contributed by atoms with Crippen molar-refractivity contribution in [2.75, 3.05) is 11.8 Å². The molecule has 3 nitrogen and oxygen atoms in total. The molecule has 0 fully saturated rings. The first-order chi connectivity index (χ1) is 10.7. The summed E-state index contributed by atoms with van der Waals surface area (Å²) < 4.78 is 7.93. The Kier molecular flexibility index (Phi) is 6.61. The molecule has 0 unspecified atom stereocenters. The summed E-state index contributed by atoms with van der Waals surface area (Å²) in [5.74, 6) is -0.334. The van der Waals surface area contributed by atoms with E-state index in [0.29, 0.717) is 4.88 Å². The van der Waals surface area contributed by atoms with Crippen LogP contribution < -0.4 is 4.72 Å². The highest BCUT2D eigenvalue weighted by Crippen LogP contribution is 2.32. The fourth-order valence-electron chi connectivity index (χ4n) is 1.91. The molecular formula is C16H18ClNO2S2. The molecule has 22 heavy (non-hydrogen) atoms. The number of rotatable bonds is 7. The number of ether oxygens (including phenoxy) is 1. The summed E-state index contributed by atoms with van der Waals surface area (Å²) in [4.78, 5) is 13.1. The summed E-state index contributed by atoms with van der Waals surface area (Å²) in [7, 11) is 1.38. The molecule has 2 rings (SSSR count). The number of hydrogen-bond donors (Lipinski definition) is 1. The minimum atomic E-state index is -0.334. The fraction of sp³-hybridized carbons (Fsp3) is 0.312. The Morgan fingerprint density at radius 3 is 2.91 bits per heavy atom. The number of halogens is 1. The maximum Gasteiger partial charge on any atom is 0.350 e. The van der Waals surface area contributed by atoms with E-state index in [2.05, 4.69) is 17.7 Å². The topological polar surface area (TPSA) is 38.3 Å². The van der Waals surface area contributed by atoms with Gasteiger partial charge in [-0.05, 0) is 53.9 Å². The van der Waals surface area contributed by atoms with Gasteiger partial charge in [0.1, 0.15) is 4.88 Å². The van der Waals surface area contributed by atoms with Gasteiger partial charge in [-0.1, -0.05) is 31.0 Å². The van der Waals surface area contributed by atoms with Gasteiger partial charge in [0.05, 0.1) is 17.8 Å². The van der Waals surface area contributed by atoms with Crippen LogP contribution in [0.5, 0.6) is 0 Å². The Balaban J connectivity index is 2.03. The zero-order chi connectivity index (χ0) is 15.9. The van der Waals surface area contributed by atoms with Crippen molar-refractivity contribution in [2.24, 2.45) is 0 Å². The average Bonchev–Trinajstić information content (AvgIpc) is 2.99. The van der Waals surface area contributed by atoms with Crippen LogP contribution in [0.15, 0.2) is 34.5 Å². The number of methoxy groups -OCH3 is 1. The number of thiophene rings is 1. The minimum Gasteiger partial charge on any atom is -0.465 e. The number of hydrogen-bond acceptors (Lipinski definition) is 5. The van der Waals surface area contributed by atoms with E-state index in [1.54, 1.807) is 0 Å². The molecule has 6 heteroatoms. The molecule has 0 spiro atoms. The van der Waals surface area contributed by atoms with E-state index in [-0.39, 0.29) is 5.97 Å². The van der Waals surface area contributed by atoms with Crippen molar-refractivity contribution in [3.63, 3.8) is 0 Å². The van der Waals surface area contributed by atoms with Crippen LogP contribution in [0, 0.1) is 0 Å². The van der Waals surface area contributed by atoms with E-state index in [0.717, 1.165) is 22.0 Å². The molecule has 0 aliphatic carbocycles. The van der Waals surface area contributed by atoms with Gasteiger partial charge in [0.15, 0.2) is 0 Å². The van der Waals surface area contributed by atoms with E-state index in [9.17, 15) is 4.79 Å². The predicted octanol–water partition coefficient (Wildman–Crippen LogP) is 5.65. The van der Waals surface area contributed by atoms with Gasteiger partial charge in [-0.15, -0.1) is 11.3 Å². The van der Waals surface area contributed by atoms with Gasteiger partial charge in [0.2, 0.25) is 0 Å². The van der Waals surface area contributed by atoms with Gasteiger partial charge in [0.25, 0.3) is 0 Å². The molecule has 1 heterocycles. The summed E-state index contributed by atoms with van der Waals surface area (Å²) in [6.07, 6.45) is 3.38. The zero-order valence-electron chi connectivity index (χ0n) is 12.5. The third kappa shape index (κ3) is 4.41. The smallest absolute Gasteiger partial charge is 0.350 e. The Bertz CT molecular complexity index is 643. The van der Waals surface area contributed by atoms with Crippen molar-refractivity contribution in [1.29, 1.82) is 0 Å². The third-order valence-electron chi connectivity index (χ3n) is 3.12. The summed E-state index contributed by atoms with van der Waals surface area (Å²) in [6.45, 7) is 2.18. The summed E-state index contributed by atoms with van der Waals surface area (Å²) >= 11 is 9.07. The first-order valence-electron chi connectivity index (χ1n) is 7.02. The number of benzene rings is 1. The fourth-order valence-corrected chi connectivity index (χ4v) is 3.75. The Morgan fingerprint density at radius 1 is 1.41 bits per heavy atom. The monoisotopic (exact) mass is 355 g/mol. The molecule has 2 aromatic rings. The van der Waals surface area contributed by atoms with Crippen LogP contribution in [0.1, 0.15) is 35.0 Å². The van der Waals surface area contributed by atoms with Crippen molar-refractivity contribution >= 4 is 46.5 Å².